The molecular formula is C12H11FN4O2. The Hall–Kier alpha value is -2.44. The summed E-state index contributed by atoms with van der Waals surface area (Å²) in [6.45, 7) is 2.35. The van der Waals surface area contributed by atoms with Crippen molar-refractivity contribution in [3.63, 3.8) is 0 Å². The average Bonchev–Trinajstić information content (AvgIpc) is 2.87. The molecule has 0 bridgehead atoms. The van der Waals surface area contributed by atoms with Gasteiger partial charge in [0.1, 0.15) is 5.82 Å². The minimum absolute atomic E-state index is 0.215. The molecular weight excluding hydrogens is 251 g/mol. The summed E-state index contributed by atoms with van der Waals surface area (Å²) in [5.41, 5.74) is 0.150. The Kier molecular flexibility index (Phi) is 2.48. The van der Waals surface area contributed by atoms with Crippen molar-refractivity contribution in [2.45, 2.75) is 20.0 Å². The second-order valence-corrected chi connectivity index (χ2v) is 4.18. The summed E-state index contributed by atoms with van der Waals surface area (Å²) in [5, 5.41) is 0. The fraction of sp³-hybridized carbons (Fsp3) is 0.250. The van der Waals surface area contributed by atoms with Gasteiger partial charge in [-0.3, -0.25) is 4.90 Å². The Morgan fingerprint density at radius 3 is 2.58 bits per heavy atom. The van der Waals surface area contributed by atoms with Crippen LogP contribution in [0.2, 0.25) is 0 Å². The third kappa shape index (κ3) is 1.66. The fourth-order valence-corrected chi connectivity index (χ4v) is 2.18. The number of hydrogen-bond donors (Lipinski definition) is 0. The quantitative estimate of drug-likeness (QED) is 0.816. The molecule has 19 heavy (non-hydrogen) atoms. The van der Waals surface area contributed by atoms with Crippen molar-refractivity contribution in [1.29, 1.82) is 0 Å². The zero-order valence-corrected chi connectivity index (χ0v) is 10.2. The Morgan fingerprint density at radius 1 is 1.26 bits per heavy atom. The van der Waals surface area contributed by atoms with Gasteiger partial charge in [0.05, 0.1) is 6.54 Å². The van der Waals surface area contributed by atoms with E-state index in [0.717, 1.165) is 0 Å². The number of halogens is 1. The lowest BCUT2D eigenvalue weighted by atomic mass is 10.3. The maximum Gasteiger partial charge on any atom is 0.364 e. The molecule has 2 aromatic rings. The van der Waals surface area contributed by atoms with Gasteiger partial charge in [0.2, 0.25) is 0 Å². The lowest BCUT2D eigenvalue weighted by Gasteiger charge is -2.15. The smallest absolute Gasteiger partial charge is 0.285 e. The van der Waals surface area contributed by atoms with Gasteiger partial charge in [-0.05, 0) is 31.2 Å². The summed E-state index contributed by atoms with van der Waals surface area (Å²) in [7, 11) is 0. The lowest BCUT2D eigenvalue weighted by molar-refractivity contribution is 0.244. The van der Waals surface area contributed by atoms with E-state index in [9.17, 15) is 14.0 Å². The molecule has 1 aromatic heterocycles. The number of rotatable bonds is 2. The molecule has 0 fully saturated rings. The van der Waals surface area contributed by atoms with Crippen LogP contribution in [0.5, 0.6) is 0 Å². The Bertz CT molecular complexity index is 702. The third-order valence-electron chi connectivity index (χ3n) is 3.08. The first-order valence-corrected chi connectivity index (χ1v) is 5.88. The van der Waals surface area contributed by atoms with Crippen molar-refractivity contribution in [2.24, 2.45) is 0 Å². The van der Waals surface area contributed by atoms with E-state index in [1.54, 1.807) is 6.92 Å². The third-order valence-corrected chi connectivity index (χ3v) is 3.08. The highest BCUT2D eigenvalue weighted by Gasteiger charge is 2.32. The molecule has 0 unspecified atom stereocenters. The summed E-state index contributed by atoms with van der Waals surface area (Å²) < 4.78 is 15.4. The molecule has 1 amide bonds. The summed E-state index contributed by atoms with van der Waals surface area (Å²) >= 11 is 0. The normalized spacial score (nSPS) is 14.0. The monoisotopic (exact) mass is 262 g/mol. The van der Waals surface area contributed by atoms with E-state index in [0.29, 0.717) is 18.1 Å². The summed E-state index contributed by atoms with van der Waals surface area (Å²) in [4.78, 5) is 29.1. The summed E-state index contributed by atoms with van der Waals surface area (Å²) in [6.07, 6.45) is 0. The van der Waals surface area contributed by atoms with E-state index in [-0.39, 0.29) is 18.4 Å². The highest BCUT2D eigenvalue weighted by molar-refractivity contribution is 5.95. The number of aromatic nitrogens is 3. The second kappa shape index (κ2) is 4.04. The maximum absolute atomic E-state index is 12.9. The minimum Gasteiger partial charge on any atom is -0.285 e. The van der Waals surface area contributed by atoms with Crippen molar-refractivity contribution in [3.8, 4) is 0 Å². The molecule has 1 aliphatic heterocycles. The molecule has 1 aromatic carbocycles. The summed E-state index contributed by atoms with van der Waals surface area (Å²) in [5.74, 6) is 0.0415. The molecule has 3 rings (SSSR count). The van der Waals surface area contributed by atoms with Crippen molar-refractivity contribution in [2.75, 3.05) is 4.90 Å². The van der Waals surface area contributed by atoms with Gasteiger partial charge >= 0.3 is 11.7 Å². The van der Waals surface area contributed by atoms with Crippen molar-refractivity contribution in [1.82, 2.24) is 14.3 Å². The standard InChI is InChI=1S/C12H11FN4O2/c1-2-16-11(18)14-10-7-15(12(19)17(10)16)9-5-3-8(13)4-6-9/h3-6H,2,7H2,1H3. The topological polar surface area (TPSA) is 60.1 Å². The minimum atomic E-state index is -0.426. The highest BCUT2D eigenvalue weighted by Crippen LogP contribution is 2.22. The molecule has 0 saturated carbocycles. The molecule has 0 aliphatic carbocycles. The van der Waals surface area contributed by atoms with Gasteiger partial charge < -0.3 is 0 Å². The van der Waals surface area contributed by atoms with E-state index >= 15 is 0 Å². The Morgan fingerprint density at radius 2 is 1.95 bits per heavy atom. The van der Waals surface area contributed by atoms with Crippen LogP contribution in [0.4, 0.5) is 14.9 Å². The van der Waals surface area contributed by atoms with E-state index < -0.39 is 5.69 Å². The zero-order valence-electron chi connectivity index (χ0n) is 10.2. The molecule has 0 spiro atoms. The second-order valence-electron chi connectivity index (χ2n) is 4.18. The van der Waals surface area contributed by atoms with Gasteiger partial charge in [-0.15, -0.1) is 0 Å². The van der Waals surface area contributed by atoms with Gasteiger partial charge in [0, 0.05) is 12.2 Å². The first-order chi connectivity index (χ1) is 9.11. The number of fused-ring (bicyclic) bond motifs is 1. The predicted molar refractivity (Wildman–Crippen MR) is 65.5 cm³/mol. The molecule has 0 N–H and O–H groups in total. The van der Waals surface area contributed by atoms with Crippen LogP contribution in [0.25, 0.3) is 0 Å². The lowest BCUT2D eigenvalue weighted by Crippen LogP contribution is -2.33. The summed E-state index contributed by atoms with van der Waals surface area (Å²) in [6, 6.07) is 5.27. The van der Waals surface area contributed by atoms with Crippen LogP contribution >= 0.6 is 0 Å². The molecule has 0 saturated heterocycles. The van der Waals surface area contributed by atoms with Crippen LogP contribution in [-0.2, 0) is 13.1 Å². The van der Waals surface area contributed by atoms with Crippen LogP contribution in [0.3, 0.4) is 0 Å². The van der Waals surface area contributed by atoms with Crippen molar-refractivity contribution >= 4 is 11.7 Å². The first kappa shape index (κ1) is 11.6. The zero-order chi connectivity index (χ0) is 13.6. The number of nitrogens with zero attached hydrogens (tertiary/aromatic N) is 4. The molecule has 0 radical (unpaired) electrons. The van der Waals surface area contributed by atoms with Crippen LogP contribution in [0.15, 0.2) is 29.1 Å². The van der Waals surface area contributed by atoms with E-state index in [4.69, 9.17) is 0 Å². The number of hydrogen-bond acceptors (Lipinski definition) is 3. The molecule has 7 heteroatoms. The van der Waals surface area contributed by atoms with Gasteiger partial charge in [0.25, 0.3) is 0 Å². The average molecular weight is 262 g/mol. The van der Waals surface area contributed by atoms with Crippen LogP contribution in [-0.4, -0.2) is 20.4 Å². The van der Waals surface area contributed by atoms with E-state index in [2.05, 4.69) is 4.98 Å². The maximum atomic E-state index is 12.9. The Balaban J connectivity index is 2.02. The van der Waals surface area contributed by atoms with Gasteiger partial charge in [0.15, 0.2) is 5.82 Å². The molecule has 1 aliphatic rings. The Labute approximate surface area is 107 Å². The van der Waals surface area contributed by atoms with E-state index in [1.165, 1.54) is 38.5 Å². The van der Waals surface area contributed by atoms with Gasteiger partial charge in [-0.2, -0.15) is 9.67 Å². The van der Waals surface area contributed by atoms with Crippen LogP contribution in [0, 0.1) is 5.82 Å². The molecule has 0 atom stereocenters. The van der Waals surface area contributed by atoms with Gasteiger partial charge in [-0.1, -0.05) is 0 Å². The van der Waals surface area contributed by atoms with E-state index in [1.807, 2.05) is 0 Å². The first-order valence-electron chi connectivity index (χ1n) is 5.88. The molecule has 2 heterocycles. The van der Waals surface area contributed by atoms with Gasteiger partial charge in [-0.25, -0.2) is 18.7 Å². The van der Waals surface area contributed by atoms with Crippen LogP contribution < -0.4 is 10.6 Å². The SMILES string of the molecule is CCn1c(=O)nc2n1C(=O)N(c1ccc(F)cc1)C2. The molecule has 98 valence electrons. The highest BCUT2D eigenvalue weighted by atomic mass is 19.1. The number of amides is 1. The largest absolute Gasteiger partial charge is 0.364 e. The predicted octanol–water partition coefficient (Wildman–Crippen LogP) is 1.19. The fourth-order valence-electron chi connectivity index (χ4n) is 2.18. The molecule has 6 nitrogen and oxygen atoms in total. The number of carbonyl (C=O) groups is 1. The number of benzene rings is 1. The van der Waals surface area contributed by atoms with Crippen molar-refractivity contribution < 1.29 is 9.18 Å². The van der Waals surface area contributed by atoms with Crippen molar-refractivity contribution in [3.05, 3.63) is 46.4 Å². The number of anilines is 1. The van der Waals surface area contributed by atoms with Crippen LogP contribution in [0.1, 0.15) is 12.7 Å². The number of carbonyl (C=O) groups excluding carboxylic acids is 1.